The summed E-state index contributed by atoms with van der Waals surface area (Å²) in [4.78, 5) is 11.1. The summed E-state index contributed by atoms with van der Waals surface area (Å²) in [5.74, 6) is -1.65. The van der Waals surface area contributed by atoms with Gasteiger partial charge in [0.2, 0.25) is 5.91 Å². The van der Waals surface area contributed by atoms with E-state index in [4.69, 9.17) is 5.73 Å². The Morgan fingerprint density at radius 3 is 1.85 bits per heavy atom. The Hall–Kier alpha value is -3.31. The smallest absolute Gasteiger partial charge is 0.370 e. The summed E-state index contributed by atoms with van der Waals surface area (Å²) >= 11 is 0. The van der Waals surface area contributed by atoms with Crippen LogP contribution in [0.4, 0.5) is 36.4 Å². The lowest BCUT2D eigenvalue weighted by Crippen LogP contribution is -2.54. The number of primary amides is 1. The molecule has 1 aliphatic carbocycles. The van der Waals surface area contributed by atoms with Gasteiger partial charge >= 0.3 is 12.4 Å². The van der Waals surface area contributed by atoms with Crippen LogP contribution in [0.5, 0.6) is 0 Å². The molecule has 6 nitrogen and oxygen atoms in total. The first kappa shape index (κ1) is 33.9. The molecule has 0 unspecified atom stereocenters. The van der Waals surface area contributed by atoms with Gasteiger partial charge in [-0.25, -0.2) is 12.8 Å². The fraction of sp³-hybridized carbons (Fsp3) is 0.444. The maximum absolute atomic E-state index is 13.3. The molecule has 14 heteroatoms. The molecule has 0 aromatic heterocycles. The van der Waals surface area contributed by atoms with Gasteiger partial charge in [0.05, 0.1) is 16.6 Å². The third-order valence-electron chi connectivity index (χ3n) is 6.69. The number of fused-ring (bicyclic) bond motifs is 1. The first-order valence-electron chi connectivity index (χ1n) is 12.4. The highest BCUT2D eigenvalue weighted by Crippen LogP contribution is 2.51. The number of alkyl halides is 6. The predicted molar refractivity (Wildman–Crippen MR) is 137 cm³/mol. The van der Waals surface area contributed by atoms with Crippen LogP contribution in [0.25, 0.3) is 0 Å². The van der Waals surface area contributed by atoms with Gasteiger partial charge in [-0.2, -0.15) is 26.3 Å². The largest absolute Gasteiger partial charge is 0.430 e. The van der Waals surface area contributed by atoms with Crippen molar-refractivity contribution in [3.63, 3.8) is 0 Å². The van der Waals surface area contributed by atoms with Gasteiger partial charge in [0.1, 0.15) is 5.82 Å². The van der Waals surface area contributed by atoms with Crippen molar-refractivity contribution in [3.8, 4) is 12.8 Å². The van der Waals surface area contributed by atoms with E-state index in [2.05, 4.69) is 12.8 Å². The number of carbonyl (C=O) groups excluding carboxylic acids is 1. The molecule has 1 amide bonds. The number of benzene rings is 2. The topological polar surface area (TPSA) is 101 Å². The van der Waals surface area contributed by atoms with E-state index in [9.17, 15) is 49.1 Å². The van der Waals surface area contributed by atoms with Crippen LogP contribution in [-0.4, -0.2) is 37.8 Å². The highest BCUT2D eigenvalue weighted by atomic mass is 32.2. The highest BCUT2D eigenvalue weighted by Gasteiger charge is 2.71. The number of sulfonamides is 1. The predicted octanol–water partition coefficient (Wildman–Crippen LogP) is 5.72. The number of aliphatic hydroxyl groups is 1. The zero-order chi connectivity index (χ0) is 31.2. The molecule has 0 radical (unpaired) electrons. The zero-order valence-corrected chi connectivity index (χ0v) is 22.5. The van der Waals surface area contributed by atoms with Crippen LogP contribution < -0.4 is 10.0 Å². The van der Waals surface area contributed by atoms with E-state index in [0.29, 0.717) is 22.5 Å². The minimum absolute atomic E-state index is 0.170. The summed E-state index contributed by atoms with van der Waals surface area (Å²) in [5, 5.41) is 9.68. The molecule has 2 aromatic carbocycles. The summed E-state index contributed by atoms with van der Waals surface area (Å²) in [6.45, 7) is 0. The molecule has 1 saturated carbocycles. The molecule has 2 aromatic rings. The summed E-state index contributed by atoms with van der Waals surface area (Å²) < 4.78 is 120. The molecule has 1 fully saturated rings. The van der Waals surface area contributed by atoms with Gasteiger partial charge in [-0.1, -0.05) is 44.2 Å². The van der Waals surface area contributed by atoms with E-state index in [1.807, 2.05) is 0 Å². The number of rotatable bonds is 5. The molecule has 0 bridgehead atoms. The number of hydrogen-bond acceptors (Lipinski definition) is 4. The first-order valence-corrected chi connectivity index (χ1v) is 13.8. The van der Waals surface area contributed by atoms with Crippen molar-refractivity contribution in [2.75, 3.05) is 4.31 Å². The number of anilines is 1. The molecule has 2 aliphatic rings. The van der Waals surface area contributed by atoms with Gasteiger partial charge in [-0.15, -0.1) is 12.8 Å². The normalized spacial score (nSPS) is 17.4. The van der Waals surface area contributed by atoms with Crippen molar-refractivity contribution in [1.29, 1.82) is 0 Å². The van der Waals surface area contributed by atoms with Gasteiger partial charge in [-0.3, -0.25) is 9.10 Å². The van der Waals surface area contributed by atoms with Gasteiger partial charge in [0.15, 0.2) is 0 Å². The van der Waals surface area contributed by atoms with E-state index in [1.54, 1.807) is 0 Å². The van der Waals surface area contributed by atoms with E-state index < -0.39 is 62.6 Å². The van der Waals surface area contributed by atoms with Gasteiger partial charge < -0.3 is 10.8 Å². The molecule has 226 valence electrons. The number of amides is 1. The second-order valence-electron chi connectivity index (χ2n) is 9.43. The lowest BCUT2D eigenvalue weighted by molar-refractivity contribution is -0.376. The average molecular weight is 611 g/mol. The number of halogens is 7. The fourth-order valence-electron chi connectivity index (χ4n) is 4.70. The third-order valence-corrected chi connectivity index (χ3v) is 8.57. The van der Waals surface area contributed by atoms with E-state index in [1.165, 1.54) is 32.1 Å². The van der Waals surface area contributed by atoms with Gasteiger partial charge in [-0.05, 0) is 48.7 Å². The zero-order valence-electron chi connectivity index (χ0n) is 21.7. The van der Waals surface area contributed by atoms with Crippen molar-refractivity contribution in [2.24, 2.45) is 5.73 Å². The van der Waals surface area contributed by atoms with Crippen molar-refractivity contribution in [1.82, 2.24) is 0 Å². The van der Waals surface area contributed by atoms with Crippen molar-refractivity contribution in [3.05, 3.63) is 59.4 Å². The Kier molecular flexibility index (Phi) is 10.8. The van der Waals surface area contributed by atoms with Crippen molar-refractivity contribution >= 4 is 21.6 Å². The molecule has 0 spiro atoms. The van der Waals surface area contributed by atoms with E-state index in [-0.39, 0.29) is 24.1 Å². The van der Waals surface area contributed by atoms with Gasteiger partial charge in [0, 0.05) is 12.0 Å². The summed E-state index contributed by atoms with van der Waals surface area (Å²) in [7, 11) is -4.54. The van der Waals surface area contributed by atoms with Gasteiger partial charge in [0.25, 0.3) is 15.6 Å². The van der Waals surface area contributed by atoms with Crippen molar-refractivity contribution < 1.29 is 49.1 Å². The number of aryl methyl sites for hydroxylation is 1. The van der Waals surface area contributed by atoms with Crippen LogP contribution in [0.1, 0.15) is 56.1 Å². The minimum atomic E-state index is -6.12. The Morgan fingerprint density at radius 1 is 0.927 bits per heavy atom. The maximum Gasteiger partial charge on any atom is 0.430 e. The lowest BCUT2D eigenvalue weighted by Gasteiger charge is -2.39. The Morgan fingerprint density at radius 2 is 1.41 bits per heavy atom. The SMILES string of the molecule is C#C.C1CCCC1.NC(=O)C[C@@H]1CCc2cc(C(O)(C(F)(F)F)C(F)(F)F)ccc2N1S(=O)(=O)c1ccc(F)cc1. The number of carbonyl (C=O) groups is 1. The fourth-order valence-corrected chi connectivity index (χ4v) is 6.41. The Balaban J connectivity index is 0.000000743. The van der Waals surface area contributed by atoms with Crippen LogP contribution in [0.15, 0.2) is 47.4 Å². The maximum atomic E-state index is 13.3. The molecule has 1 heterocycles. The number of nitrogens with two attached hydrogens (primary N) is 1. The molecular weight excluding hydrogens is 581 g/mol. The summed E-state index contributed by atoms with van der Waals surface area (Å²) in [5.41, 5.74) is -2.08. The molecular formula is C27H29F7N2O4S. The monoisotopic (exact) mass is 610 g/mol. The van der Waals surface area contributed by atoms with Crippen LogP contribution >= 0.6 is 0 Å². The first-order chi connectivity index (χ1) is 19.0. The number of nitrogens with zero attached hydrogens (tertiary/aromatic N) is 1. The molecule has 4 rings (SSSR count). The van der Waals surface area contributed by atoms with E-state index in [0.717, 1.165) is 24.3 Å². The van der Waals surface area contributed by atoms with Crippen molar-refractivity contribution in [2.45, 2.75) is 80.3 Å². The molecule has 1 aliphatic heterocycles. The average Bonchev–Trinajstić information content (AvgIpc) is 3.48. The molecule has 0 saturated heterocycles. The number of hydrogen-bond donors (Lipinski definition) is 2. The van der Waals surface area contributed by atoms with Crippen LogP contribution in [-0.2, 0) is 26.8 Å². The Bertz CT molecular complexity index is 1300. The van der Waals surface area contributed by atoms with Crippen LogP contribution in [0, 0.1) is 18.7 Å². The molecule has 3 N–H and O–H groups in total. The van der Waals surface area contributed by atoms with Crippen LogP contribution in [0.2, 0.25) is 0 Å². The standard InChI is InChI=1S/C20H17F7N2O4S.C5H10.C2H2/c21-13-3-6-15(7-4-13)34(32,33)29-14(10-17(28)30)5-1-11-9-12(2-8-16(11)29)18(31,19(22,23)24)20(25,26)27;1-2-4-5-3-1;1-2/h2-4,6-9,14,31H,1,5,10H2,(H2,28,30);1-5H2;1-2H/t14-;;/m0../s1. The summed E-state index contributed by atoms with van der Waals surface area (Å²) in [6, 6.07) is 3.87. The highest BCUT2D eigenvalue weighted by molar-refractivity contribution is 7.92. The van der Waals surface area contributed by atoms with E-state index >= 15 is 0 Å². The lowest BCUT2D eigenvalue weighted by atomic mass is 9.87. The summed E-state index contributed by atoms with van der Waals surface area (Å²) in [6.07, 6.45) is 2.39. The van der Waals surface area contributed by atoms with Crippen LogP contribution in [0.3, 0.4) is 0 Å². The second-order valence-corrected chi connectivity index (χ2v) is 11.2. The molecule has 41 heavy (non-hydrogen) atoms. The third kappa shape index (κ3) is 7.32. The quantitative estimate of drug-likeness (QED) is 0.334. The Labute approximate surface area is 233 Å². The second kappa shape index (κ2) is 13.1. The molecule has 1 atom stereocenters. The number of terminal acetylenes is 1. The minimum Gasteiger partial charge on any atom is -0.370 e.